The minimum atomic E-state index is -0.206. The molecule has 8 nitrogen and oxygen atoms in total. The molecule has 8 heteroatoms. The average molecular weight is 420 g/mol. The number of carbonyl (C=O) groups excluding carboxylic acids is 1. The van der Waals surface area contributed by atoms with Crippen molar-refractivity contribution in [2.45, 2.75) is 46.1 Å². The van der Waals surface area contributed by atoms with Gasteiger partial charge in [0.15, 0.2) is 0 Å². The SMILES string of the molecule is CCOC(=O)CCCc1cc(-c2noc(-c3ccc(OC(C)C)c(C#N)c3)n2)ccn1. The second-order valence-electron chi connectivity index (χ2n) is 7.11. The average Bonchev–Trinajstić information content (AvgIpc) is 3.24. The van der Waals surface area contributed by atoms with Crippen molar-refractivity contribution < 1.29 is 18.8 Å². The standard InChI is InChI=1S/C23H24N4O4/c1-4-29-21(28)7-5-6-19-13-16(10-11-25-19)22-26-23(31-27-22)17-8-9-20(30-15(2)3)18(12-17)14-24/h8-13,15H,4-7H2,1-3H3. The van der Waals surface area contributed by atoms with E-state index in [1.54, 1.807) is 37.4 Å². The summed E-state index contributed by atoms with van der Waals surface area (Å²) < 4.78 is 16.0. The Morgan fingerprint density at radius 1 is 1.23 bits per heavy atom. The second-order valence-corrected chi connectivity index (χ2v) is 7.11. The molecule has 31 heavy (non-hydrogen) atoms. The Hall–Kier alpha value is -3.73. The molecule has 0 fully saturated rings. The van der Waals surface area contributed by atoms with Crippen LogP contribution in [0, 0.1) is 11.3 Å². The van der Waals surface area contributed by atoms with Crippen LogP contribution < -0.4 is 4.74 Å². The summed E-state index contributed by atoms with van der Waals surface area (Å²) in [7, 11) is 0. The van der Waals surface area contributed by atoms with Crippen LogP contribution in [0.3, 0.4) is 0 Å². The molecule has 0 amide bonds. The minimum Gasteiger partial charge on any atom is -0.490 e. The van der Waals surface area contributed by atoms with Crippen LogP contribution >= 0.6 is 0 Å². The van der Waals surface area contributed by atoms with Crippen LogP contribution in [0.25, 0.3) is 22.8 Å². The topological polar surface area (TPSA) is 111 Å². The Balaban J connectivity index is 1.74. The molecule has 0 aliphatic carbocycles. The van der Waals surface area contributed by atoms with Crippen LogP contribution in [0.4, 0.5) is 0 Å². The summed E-state index contributed by atoms with van der Waals surface area (Å²) in [5.41, 5.74) is 2.63. The van der Waals surface area contributed by atoms with Crippen LogP contribution in [-0.4, -0.2) is 33.8 Å². The summed E-state index contributed by atoms with van der Waals surface area (Å²) in [5.74, 6) is 1.04. The van der Waals surface area contributed by atoms with Gasteiger partial charge in [-0.25, -0.2) is 0 Å². The third-order valence-corrected chi connectivity index (χ3v) is 4.33. The number of nitrogens with zero attached hydrogens (tertiary/aromatic N) is 4. The predicted octanol–water partition coefficient (Wildman–Crippen LogP) is 4.34. The smallest absolute Gasteiger partial charge is 0.305 e. The highest BCUT2D eigenvalue weighted by atomic mass is 16.5. The minimum absolute atomic E-state index is 0.0360. The van der Waals surface area contributed by atoms with Crippen molar-refractivity contribution >= 4 is 5.97 Å². The lowest BCUT2D eigenvalue weighted by Gasteiger charge is -2.11. The van der Waals surface area contributed by atoms with Gasteiger partial charge in [0, 0.05) is 29.4 Å². The van der Waals surface area contributed by atoms with Crippen LogP contribution in [0.15, 0.2) is 41.1 Å². The van der Waals surface area contributed by atoms with Gasteiger partial charge in [0.25, 0.3) is 5.89 Å². The number of rotatable bonds is 9. The summed E-state index contributed by atoms with van der Waals surface area (Å²) in [6.07, 6.45) is 3.28. The van der Waals surface area contributed by atoms with Crippen molar-refractivity contribution in [2.24, 2.45) is 0 Å². The lowest BCUT2D eigenvalue weighted by atomic mass is 10.1. The first-order valence-electron chi connectivity index (χ1n) is 10.2. The lowest BCUT2D eigenvalue weighted by Crippen LogP contribution is -2.06. The van der Waals surface area contributed by atoms with Crippen LogP contribution in [0.1, 0.15) is 44.9 Å². The molecule has 0 N–H and O–H groups in total. The van der Waals surface area contributed by atoms with Gasteiger partial charge in [-0.1, -0.05) is 5.16 Å². The van der Waals surface area contributed by atoms with E-state index in [-0.39, 0.29) is 12.1 Å². The zero-order chi connectivity index (χ0) is 22.2. The Bertz CT molecular complexity index is 1090. The summed E-state index contributed by atoms with van der Waals surface area (Å²) in [6, 6.07) is 11.0. The molecule has 160 valence electrons. The fraction of sp³-hybridized carbons (Fsp3) is 0.348. The van der Waals surface area contributed by atoms with Crippen molar-refractivity contribution in [2.75, 3.05) is 6.61 Å². The summed E-state index contributed by atoms with van der Waals surface area (Å²) in [6.45, 7) is 5.98. The van der Waals surface area contributed by atoms with Gasteiger partial charge in [0.1, 0.15) is 11.8 Å². The molecule has 0 saturated heterocycles. The Labute approximate surface area is 180 Å². The van der Waals surface area contributed by atoms with Gasteiger partial charge in [-0.3, -0.25) is 9.78 Å². The first kappa shape index (κ1) is 22.0. The molecule has 0 bridgehead atoms. The number of aryl methyl sites for hydroxylation is 1. The summed E-state index contributed by atoms with van der Waals surface area (Å²) >= 11 is 0. The van der Waals surface area contributed by atoms with Gasteiger partial charge < -0.3 is 14.0 Å². The molecular weight excluding hydrogens is 396 g/mol. The molecule has 2 heterocycles. The van der Waals surface area contributed by atoms with Crippen LogP contribution in [0.2, 0.25) is 0 Å². The number of pyridine rings is 1. The molecular formula is C23H24N4O4. The highest BCUT2D eigenvalue weighted by Gasteiger charge is 2.14. The fourth-order valence-electron chi connectivity index (χ4n) is 2.97. The third-order valence-electron chi connectivity index (χ3n) is 4.33. The predicted molar refractivity (Wildman–Crippen MR) is 113 cm³/mol. The van der Waals surface area contributed by atoms with Gasteiger partial charge in [-0.2, -0.15) is 10.2 Å². The molecule has 0 aliphatic heterocycles. The molecule has 1 aromatic carbocycles. The largest absolute Gasteiger partial charge is 0.490 e. The highest BCUT2D eigenvalue weighted by molar-refractivity contribution is 5.69. The molecule has 0 spiro atoms. The van der Waals surface area contributed by atoms with E-state index in [9.17, 15) is 10.1 Å². The molecule has 0 unspecified atom stereocenters. The van der Waals surface area contributed by atoms with E-state index in [2.05, 4.69) is 21.2 Å². The van der Waals surface area contributed by atoms with Gasteiger partial charge >= 0.3 is 5.97 Å². The molecule has 0 atom stereocenters. The number of hydrogen-bond donors (Lipinski definition) is 0. The molecule has 2 aromatic heterocycles. The van der Waals surface area contributed by atoms with Crippen molar-refractivity contribution in [1.82, 2.24) is 15.1 Å². The second kappa shape index (κ2) is 10.3. The third kappa shape index (κ3) is 5.89. The quantitative estimate of drug-likeness (QED) is 0.470. The van der Waals surface area contributed by atoms with E-state index in [1.165, 1.54) is 0 Å². The zero-order valence-electron chi connectivity index (χ0n) is 17.8. The first-order chi connectivity index (χ1) is 15.0. The maximum absolute atomic E-state index is 11.5. The monoisotopic (exact) mass is 420 g/mol. The van der Waals surface area contributed by atoms with E-state index in [1.807, 2.05) is 19.9 Å². The van der Waals surface area contributed by atoms with Crippen molar-refractivity contribution in [3.8, 4) is 34.7 Å². The van der Waals surface area contributed by atoms with Gasteiger partial charge in [-0.05, 0) is 63.9 Å². The van der Waals surface area contributed by atoms with Gasteiger partial charge in [0.05, 0.1) is 18.3 Å². The number of carbonyl (C=O) groups is 1. The van der Waals surface area contributed by atoms with Crippen molar-refractivity contribution in [1.29, 1.82) is 5.26 Å². The number of esters is 1. The number of aromatic nitrogens is 3. The van der Waals surface area contributed by atoms with E-state index in [0.29, 0.717) is 54.5 Å². The van der Waals surface area contributed by atoms with Crippen LogP contribution in [-0.2, 0) is 16.0 Å². The Kier molecular flexibility index (Phi) is 7.33. The van der Waals surface area contributed by atoms with E-state index < -0.39 is 0 Å². The number of ether oxygens (including phenoxy) is 2. The van der Waals surface area contributed by atoms with Gasteiger partial charge in [0.2, 0.25) is 5.82 Å². The van der Waals surface area contributed by atoms with E-state index in [4.69, 9.17) is 14.0 Å². The molecule has 3 rings (SSSR count). The fourth-order valence-corrected chi connectivity index (χ4v) is 2.97. The summed E-state index contributed by atoms with van der Waals surface area (Å²) in [5, 5.41) is 13.5. The maximum atomic E-state index is 11.5. The lowest BCUT2D eigenvalue weighted by molar-refractivity contribution is -0.143. The number of hydrogen-bond acceptors (Lipinski definition) is 8. The van der Waals surface area contributed by atoms with E-state index >= 15 is 0 Å². The summed E-state index contributed by atoms with van der Waals surface area (Å²) in [4.78, 5) is 20.3. The van der Waals surface area contributed by atoms with Gasteiger partial charge in [-0.15, -0.1) is 0 Å². The Morgan fingerprint density at radius 3 is 2.81 bits per heavy atom. The number of nitriles is 1. The highest BCUT2D eigenvalue weighted by Crippen LogP contribution is 2.28. The van der Waals surface area contributed by atoms with Crippen molar-refractivity contribution in [3.05, 3.63) is 47.8 Å². The number of benzene rings is 1. The maximum Gasteiger partial charge on any atom is 0.305 e. The Morgan fingerprint density at radius 2 is 2.06 bits per heavy atom. The first-order valence-corrected chi connectivity index (χ1v) is 10.2. The molecule has 0 radical (unpaired) electrons. The molecule has 0 aliphatic rings. The van der Waals surface area contributed by atoms with E-state index in [0.717, 1.165) is 11.3 Å². The molecule has 0 saturated carbocycles. The zero-order valence-corrected chi connectivity index (χ0v) is 17.8. The molecule has 3 aromatic rings. The van der Waals surface area contributed by atoms with Crippen LogP contribution in [0.5, 0.6) is 5.75 Å². The normalized spacial score (nSPS) is 10.7. The van der Waals surface area contributed by atoms with Crippen molar-refractivity contribution in [3.63, 3.8) is 0 Å².